The first-order chi connectivity index (χ1) is 7.22. The van der Waals surface area contributed by atoms with Crippen molar-refractivity contribution >= 4 is 45.2 Å². The lowest BCUT2D eigenvalue weighted by Crippen LogP contribution is -2.03. The summed E-state index contributed by atoms with van der Waals surface area (Å²) in [6.07, 6.45) is 2.06. The van der Waals surface area contributed by atoms with Crippen molar-refractivity contribution in [2.75, 3.05) is 13.7 Å². The fraction of sp³-hybridized carbons (Fsp3) is 0.300. The van der Waals surface area contributed by atoms with E-state index in [0.29, 0.717) is 11.8 Å². The van der Waals surface area contributed by atoms with Crippen molar-refractivity contribution in [2.24, 2.45) is 0 Å². The Balaban J connectivity index is 2.49. The Kier molecular flexibility index (Phi) is 3.48. The molecule has 2 aromatic heterocycles. The first kappa shape index (κ1) is 11.2. The van der Waals surface area contributed by atoms with E-state index in [2.05, 4.69) is 38.3 Å². The molecule has 0 aliphatic carbocycles. The van der Waals surface area contributed by atoms with Gasteiger partial charge in [-0.05, 0) is 34.7 Å². The number of hydrogen-bond donors (Lipinski definition) is 0. The molecule has 0 aliphatic heterocycles. The average Bonchev–Trinajstić information content (AvgIpc) is 2.52. The van der Waals surface area contributed by atoms with E-state index in [-0.39, 0.29) is 0 Å². The molecule has 2 heterocycles. The highest BCUT2D eigenvalue weighted by Crippen LogP contribution is 2.23. The molecule has 0 bridgehead atoms. The van der Waals surface area contributed by atoms with E-state index in [9.17, 15) is 0 Å². The molecule has 0 saturated heterocycles. The SMILES string of the molecule is COCCn1cc(I)c2ccc(Cl)nc21. The summed E-state index contributed by atoms with van der Waals surface area (Å²) in [7, 11) is 1.69. The first-order valence-corrected chi connectivity index (χ1v) is 5.98. The number of halogens is 2. The predicted molar refractivity (Wildman–Crippen MR) is 69.3 cm³/mol. The van der Waals surface area contributed by atoms with E-state index in [1.165, 1.54) is 3.57 Å². The van der Waals surface area contributed by atoms with Crippen molar-refractivity contribution in [1.29, 1.82) is 0 Å². The maximum Gasteiger partial charge on any atom is 0.142 e. The van der Waals surface area contributed by atoms with E-state index < -0.39 is 0 Å². The Labute approximate surface area is 107 Å². The number of aromatic nitrogens is 2. The second kappa shape index (κ2) is 4.67. The summed E-state index contributed by atoms with van der Waals surface area (Å²) in [6, 6.07) is 3.81. The zero-order valence-corrected chi connectivity index (χ0v) is 11.1. The highest BCUT2D eigenvalue weighted by atomic mass is 127. The Hall–Kier alpha value is -0.330. The van der Waals surface area contributed by atoms with Crippen LogP contribution in [-0.4, -0.2) is 23.3 Å². The molecule has 0 unspecified atom stereocenters. The van der Waals surface area contributed by atoms with Gasteiger partial charge in [0.2, 0.25) is 0 Å². The zero-order valence-electron chi connectivity index (χ0n) is 8.20. The molecule has 2 rings (SSSR count). The molecule has 0 spiro atoms. The van der Waals surface area contributed by atoms with Gasteiger partial charge in [0.1, 0.15) is 10.8 Å². The van der Waals surface area contributed by atoms with Gasteiger partial charge in [-0.3, -0.25) is 0 Å². The molecule has 0 N–H and O–H groups in total. The Bertz CT molecular complexity index is 483. The minimum Gasteiger partial charge on any atom is -0.383 e. The predicted octanol–water partition coefficient (Wildman–Crippen LogP) is 2.94. The standard InChI is InChI=1S/C10H10ClIN2O/c1-15-5-4-14-6-8(12)7-2-3-9(11)13-10(7)14/h2-3,6H,4-5H2,1H3. The normalized spacial score (nSPS) is 11.1. The zero-order chi connectivity index (χ0) is 10.8. The van der Waals surface area contributed by atoms with Crippen LogP contribution in [0.1, 0.15) is 0 Å². The van der Waals surface area contributed by atoms with Crippen LogP contribution in [0.2, 0.25) is 5.15 Å². The van der Waals surface area contributed by atoms with Crippen molar-refractivity contribution < 1.29 is 4.74 Å². The molecule has 0 atom stereocenters. The van der Waals surface area contributed by atoms with Gasteiger partial charge in [-0.1, -0.05) is 11.6 Å². The number of fused-ring (bicyclic) bond motifs is 1. The van der Waals surface area contributed by atoms with Gasteiger partial charge >= 0.3 is 0 Å². The Morgan fingerprint density at radius 2 is 2.33 bits per heavy atom. The summed E-state index contributed by atoms with van der Waals surface area (Å²) >= 11 is 8.17. The fourth-order valence-electron chi connectivity index (χ4n) is 1.46. The summed E-state index contributed by atoms with van der Waals surface area (Å²) in [5.41, 5.74) is 0.920. The van der Waals surface area contributed by atoms with E-state index >= 15 is 0 Å². The summed E-state index contributed by atoms with van der Waals surface area (Å²) in [4.78, 5) is 4.32. The van der Waals surface area contributed by atoms with Gasteiger partial charge in [-0.25, -0.2) is 4.98 Å². The van der Waals surface area contributed by atoms with E-state index in [1.807, 2.05) is 12.1 Å². The van der Waals surface area contributed by atoms with Crippen LogP contribution in [0.4, 0.5) is 0 Å². The third kappa shape index (κ3) is 2.26. The monoisotopic (exact) mass is 336 g/mol. The largest absolute Gasteiger partial charge is 0.383 e. The van der Waals surface area contributed by atoms with Crippen LogP contribution in [0.3, 0.4) is 0 Å². The minimum atomic E-state index is 0.524. The lowest BCUT2D eigenvalue weighted by atomic mass is 10.3. The second-order valence-corrected chi connectivity index (χ2v) is 4.72. The third-order valence-electron chi connectivity index (χ3n) is 2.18. The molecule has 0 fully saturated rings. The van der Waals surface area contributed by atoms with Crippen LogP contribution in [0, 0.1) is 3.57 Å². The van der Waals surface area contributed by atoms with Gasteiger partial charge in [0, 0.05) is 28.8 Å². The maximum atomic E-state index is 5.88. The number of hydrogen-bond acceptors (Lipinski definition) is 2. The number of nitrogens with zero attached hydrogens (tertiary/aromatic N) is 2. The van der Waals surface area contributed by atoms with Crippen molar-refractivity contribution in [3.05, 3.63) is 27.1 Å². The average molecular weight is 337 g/mol. The Morgan fingerprint density at radius 1 is 1.53 bits per heavy atom. The maximum absolute atomic E-state index is 5.88. The molecule has 2 aromatic rings. The number of pyridine rings is 1. The molecule has 15 heavy (non-hydrogen) atoms. The van der Waals surface area contributed by atoms with E-state index in [1.54, 1.807) is 7.11 Å². The lowest BCUT2D eigenvalue weighted by Gasteiger charge is -2.02. The number of rotatable bonds is 3. The molecule has 5 heteroatoms. The summed E-state index contributed by atoms with van der Waals surface area (Å²) in [5, 5.41) is 1.66. The minimum absolute atomic E-state index is 0.524. The molecular formula is C10H10ClIN2O. The van der Waals surface area contributed by atoms with Crippen LogP contribution in [0.25, 0.3) is 11.0 Å². The molecule has 0 amide bonds. The van der Waals surface area contributed by atoms with Gasteiger partial charge in [-0.2, -0.15) is 0 Å². The quantitative estimate of drug-likeness (QED) is 0.636. The van der Waals surface area contributed by atoms with Crippen LogP contribution in [-0.2, 0) is 11.3 Å². The van der Waals surface area contributed by atoms with E-state index in [0.717, 1.165) is 17.6 Å². The fourth-order valence-corrected chi connectivity index (χ4v) is 2.36. The van der Waals surface area contributed by atoms with Crippen LogP contribution < -0.4 is 0 Å². The number of methoxy groups -OCH3 is 1. The molecule has 0 aromatic carbocycles. The van der Waals surface area contributed by atoms with Crippen LogP contribution in [0.15, 0.2) is 18.3 Å². The van der Waals surface area contributed by atoms with Crippen LogP contribution >= 0.6 is 34.2 Å². The Morgan fingerprint density at radius 3 is 3.07 bits per heavy atom. The van der Waals surface area contributed by atoms with Gasteiger partial charge in [0.05, 0.1) is 6.61 Å². The molecular weight excluding hydrogens is 326 g/mol. The van der Waals surface area contributed by atoms with Crippen molar-refractivity contribution in [2.45, 2.75) is 6.54 Å². The van der Waals surface area contributed by atoms with Gasteiger partial charge < -0.3 is 9.30 Å². The third-order valence-corrected chi connectivity index (χ3v) is 3.25. The highest BCUT2D eigenvalue weighted by Gasteiger charge is 2.07. The molecule has 80 valence electrons. The van der Waals surface area contributed by atoms with Gasteiger partial charge in [0.25, 0.3) is 0 Å². The molecule has 3 nitrogen and oxygen atoms in total. The van der Waals surface area contributed by atoms with Crippen molar-refractivity contribution in [3.63, 3.8) is 0 Å². The molecule has 0 radical (unpaired) electrons. The van der Waals surface area contributed by atoms with Crippen molar-refractivity contribution in [3.8, 4) is 0 Å². The summed E-state index contributed by atoms with van der Waals surface area (Å²) < 4.78 is 8.30. The second-order valence-electron chi connectivity index (χ2n) is 3.17. The molecule has 0 saturated carbocycles. The van der Waals surface area contributed by atoms with Crippen LogP contribution in [0.5, 0.6) is 0 Å². The van der Waals surface area contributed by atoms with Gasteiger partial charge in [-0.15, -0.1) is 0 Å². The summed E-state index contributed by atoms with van der Waals surface area (Å²) in [5.74, 6) is 0. The molecule has 0 aliphatic rings. The smallest absolute Gasteiger partial charge is 0.142 e. The van der Waals surface area contributed by atoms with Crippen molar-refractivity contribution in [1.82, 2.24) is 9.55 Å². The number of ether oxygens (including phenoxy) is 1. The lowest BCUT2D eigenvalue weighted by molar-refractivity contribution is 0.188. The highest BCUT2D eigenvalue weighted by molar-refractivity contribution is 14.1. The van der Waals surface area contributed by atoms with Gasteiger partial charge in [0.15, 0.2) is 0 Å². The summed E-state index contributed by atoms with van der Waals surface area (Å²) in [6.45, 7) is 1.47. The topological polar surface area (TPSA) is 27.1 Å². The van der Waals surface area contributed by atoms with E-state index in [4.69, 9.17) is 16.3 Å². The first-order valence-electron chi connectivity index (χ1n) is 4.52.